The molecule has 106 valence electrons. The van der Waals surface area contributed by atoms with Crippen LogP contribution in [0.2, 0.25) is 0 Å². The maximum absolute atomic E-state index is 11.4. The number of rotatable bonds is 4. The van der Waals surface area contributed by atoms with Gasteiger partial charge in [-0.15, -0.1) is 0 Å². The first-order valence-corrected chi connectivity index (χ1v) is 7.19. The summed E-state index contributed by atoms with van der Waals surface area (Å²) in [5.41, 5.74) is 7.49. The minimum absolute atomic E-state index is 0.423. The van der Waals surface area contributed by atoms with Gasteiger partial charge in [0.05, 0.1) is 11.1 Å². The third-order valence-electron chi connectivity index (χ3n) is 4.00. The molecule has 3 rings (SSSR count). The molecular weight excluding hydrogens is 252 g/mol. The minimum atomic E-state index is -0.423. The number of primary amides is 1. The molecule has 1 aliphatic rings. The molecule has 1 unspecified atom stereocenters. The predicted molar refractivity (Wildman–Crippen MR) is 78.7 cm³/mol. The maximum Gasteiger partial charge on any atom is 0.250 e. The molecular formula is C15H20N4O. The molecule has 5 heteroatoms. The normalized spacial score (nSPS) is 19.8. The summed E-state index contributed by atoms with van der Waals surface area (Å²) in [4.78, 5) is 21.9. The quantitative estimate of drug-likeness (QED) is 0.892. The molecule has 0 saturated carbocycles. The van der Waals surface area contributed by atoms with E-state index in [0.29, 0.717) is 17.0 Å². The van der Waals surface area contributed by atoms with Crippen molar-refractivity contribution in [2.75, 3.05) is 19.6 Å². The molecule has 1 amide bonds. The Balaban J connectivity index is 1.90. The van der Waals surface area contributed by atoms with E-state index >= 15 is 0 Å². The number of nitrogens with zero attached hydrogens (tertiary/aromatic N) is 2. The van der Waals surface area contributed by atoms with Crippen LogP contribution in [0.25, 0.3) is 11.0 Å². The molecule has 1 aromatic heterocycles. The molecule has 1 saturated heterocycles. The number of fused-ring (bicyclic) bond motifs is 1. The molecule has 2 heterocycles. The number of nitrogens with one attached hydrogen (secondary N) is 1. The van der Waals surface area contributed by atoms with Gasteiger partial charge in [-0.25, -0.2) is 4.98 Å². The highest BCUT2D eigenvalue weighted by Gasteiger charge is 2.26. The lowest BCUT2D eigenvalue weighted by molar-refractivity contribution is 0.100. The van der Waals surface area contributed by atoms with Crippen LogP contribution in [0, 0.1) is 0 Å². The van der Waals surface area contributed by atoms with E-state index in [1.807, 2.05) is 12.1 Å². The first-order chi connectivity index (χ1) is 9.69. The molecule has 1 atom stereocenters. The standard InChI is InChI=1S/C15H20N4O/c1-2-7-19-8-6-10(9-19)15-17-12-5-3-4-11(14(16)20)13(12)18-15/h3-5,10H,2,6-9H2,1H3,(H2,16,20)(H,17,18). The smallest absolute Gasteiger partial charge is 0.250 e. The number of hydrogen-bond donors (Lipinski definition) is 2. The number of imidazole rings is 1. The van der Waals surface area contributed by atoms with Crippen molar-refractivity contribution in [2.45, 2.75) is 25.7 Å². The third-order valence-corrected chi connectivity index (χ3v) is 4.00. The molecule has 0 radical (unpaired) electrons. The van der Waals surface area contributed by atoms with E-state index < -0.39 is 5.91 Å². The van der Waals surface area contributed by atoms with Gasteiger partial charge < -0.3 is 15.6 Å². The Hall–Kier alpha value is -1.88. The van der Waals surface area contributed by atoms with Crippen LogP contribution in [-0.2, 0) is 0 Å². The van der Waals surface area contributed by atoms with Gasteiger partial charge in [0, 0.05) is 12.5 Å². The molecule has 0 bridgehead atoms. The maximum atomic E-state index is 11.4. The fourth-order valence-corrected chi connectivity index (χ4v) is 3.02. The molecule has 0 spiro atoms. The summed E-state index contributed by atoms with van der Waals surface area (Å²) in [6.45, 7) is 5.51. The number of nitrogens with two attached hydrogens (primary N) is 1. The van der Waals surface area contributed by atoms with E-state index in [0.717, 1.165) is 37.4 Å². The van der Waals surface area contributed by atoms with Gasteiger partial charge in [-0.3, -0.25) is 4.79 Å². The summed E-state index contributed by atoms with van der Waals surface area (Å²) in [5, 5.41) is 0. The molecule has 0 aliphatic carbocycles. The van der Waals surface area contributed by atoms with Gasteiger partial charge in [0.15, 0.2) is 0 Å². The number of amides is 1. The average molecular weight is 272 g/mol. The lowest BCUT2D eigenvalue weighted by Gasteiger charge is -2.13. The van der Waals surface area contributed by atoms with Crippen LogP contribution in [0.1, 0.15) is 41.9 Å². The largest absolute Gasteiger partial charge is 0.366 e. The molecule has 2 aromatic rings. The van der Waals surface area contributed by atoms with Crippen LogP contribution >= 0.6 is 0 Å². The summed E-state index contributed by atoms with van der Waals surface area (Å²) in [6.07, 6.45) is 2.30. The Labute approximate surface area is 118 Å². The Morgan fingerprint density at radius 2 is 2.40 bits per heavy atom. The molecule has 1 fully saturated rings. The second-order valence-corrected chi connectivity index (χ2v) is 5.47. The van der Waals surface area contributed by atoms with Crippen LogP contribution in [0.15, 0.2) is 18.2 Å². The molecule has 1 aromatic carbocycles. The number of aromatic amines is 1. The number of para-hydroxylation sites is 1. The van der Waals surface area contributed by atoms with Crippen molar-refractivity contribution >= 4 is 16.9 Å². The Kier molecular flexibility index (Phi) is 3.44. The molecule has 20 heavy (non-hydrogen) atoms. The number of carbonyl (C=O) groups is 1. The van der Waals surface area contributed by atoms with Crippen LogP contribution in [0.5, 0.6) is 0 Å². The highest BCUT2D eigenvalue weighted by Crippen LogP contribution is 2.27. The van der Waals surface area contributed by atoms with Gasteiger partial charge in [0.1, 0.15) is 11.3 Å². The fourth-order valence-electron chi connectivity index (χ4n) is 3.02. The monoisotopic (exact) mass is 272 g/mol. The number of H-pyrrole nitrogens is 1. The number of hydrogen-bond acceptors (Lipinski definition) is 3. The van der Waals surface area contributed by atoms with Crippen LogP contribution < -0.4 is 5.73 Å². The van der Waals surface area contributed by atoms with E-state index in [2.05, 4.69) is 21.8 Å². The first-order valence-electron chi connectivity index (χ1n) is 7.19. The van der Waals surface area contributed by atoms with E-state index in [1.165, 1.54) is 6.42 Å². The Bertz CT molecular complexity index is 634. The lowest BCUT2D eigenvalue weighted by atomic mass is 10.1. The number of carbonyl (C=O) groups excluding carboxylic acids is 1. The van der Waals surface area contributed by atoms with E-state index in [1.54, 1.807) is 6.07 Å². The Morgan fingerprint density at radius 3 is 3.15 bits per heavy atom. The van der Waals surface area contributed by atoms with Crippen molar-refractivity contribution in [1.82, 2.24) is 14.9 Å². The highest BCUT2D eigenvalue weighted by molar-refractivity contribution is 6.04. The van der Waals surface area contributed by atoms with Gasteiger partial charge in [-0.2, -0.15) is 0 Å². The highest BCUT2D eigenvalue weighted by atomic mass is 16.1. The number of benzene rings is 1. The van der Waals surface area contributed by atoms with E-state index in [-0.39, 0.29) is 0 Å². The van der Waals surface area contributed by atoms with Gasteiger partial charge >= 0.3 is 0 Å². The summed E-state index contributed by atoms with van der Waals surface area (Å²) in [7, 11) is 0. The number of likely N-dealkylation sites (tertiary alicyclic amines) is 1. The minimum Gasteiger partial charge on any atom is -0.366 e. The summed E-state index contributed by atoms with van der Waals surface area (Å²) in [5.74, 6) is 0.981. The van der Waals surface area contributed by atoms with Crippen LogP contribution in [0.3, 0.4) is 0 Å². The van der Waals surface area contributed by atoms with Crippen molar-refractivity contribution in [1.29, 1.82) is 0 Å². The van der Waals surface area contributed by atoms with Crippen molar-refractivity contribution < 1.29 is 4.79 Å². The van der Waals surface area contributed by atoms with Crippen molar-refractivity contribution in [3.8, 4) is 0 Å². The average Bonchev–Trinajstić information content (AvgIpc) is 3.03. The van der Waals surface area contributed by atoms with Crippen molar-refractivity contribution in [2.24, 2.45) is 5.73 Å². The van der Waals surface area contributed by atoms with E-state index in [9.17, 15) is 4.79 Å². The van der Waals surface area contributed by atoms with Crippen LogP contribution in [0.4, 0.5) is 0 Å². The predicted octanol–water partition coefficient (Wildman–Crippen LogP) is 1.86. The zero-order valence-electron chi connectivity index (χ0n) is 11.7. The summed E-state index contributed by atoms with van der Waals surface area (Å²) < 4.78 is 0. The summed E-state index contributed by atoms with van der Waals surface area (Å²) in [6, 6.07) is 5.51. The third kappa shape index (κ3) is 2.29. The molecule has 3 N–H and O–H groups in total. The Morgan fingerprint density at radius 1 is 1.55 bits per heavy atom. The molecule has 1 aliphatic heterocycles. The zero-order valence-corrected chi connectivity index (χ0v) is 11.7. The number of aromatic nitrogens is 2. The second kappa shape index (κ2) is 5.25. The lowest BCUT2D eigenvalue weighted by Crippen LogP contribution is -2.21. The van der Waals surface area contributed by atoms with Gasteiger partial charge in [-0.1, -0.05) is 13.0 Å². The SMILES string of the molecule is CCCN1CCC(c2nc3c(C(N)=O)cccc3[nH]2)C1. The van der Waals surface area contributed by atoms with Gasteiger partial charge in [0.2, 0.25) is 0 Å². The molecule has 5 nitrogen and oxygen atoms in total. The topological polar surface area (TPSA) is 75.0 Å². The summed E-state index contributed by atoms with van der Waals surface area (Å²) >= 11 is 0. The zero-order chi connectivity index (χ0) is 14.1. The van der Waals surface area contributed by atoms with Crippen LogP contribution in [-0.4, -0.2) is 40.4 Å². The van der Waals surface area contributed by atoms with Gasteiger partial charge in [-0.05, 0) is 38.1 Å². The second-order valence-electron chi connectivity index (χ2n) is 5.47. The fraction of sp³-hybridized carbons (Fsp3) is 0.467. The van der Waals surface area contributed by atoms with Crippen molar-refractivity contribution in [3.05, 3.63) is 29.6 Å². The van der Waals surface area contributed by atoms with E-state index in [4.69, 9.17) is 5.73 Å². The van der Waals surface area contributed by atoms with Crippen molar-refractivity contribution in [3.63, 3.8) is 0 Å². The first kappa shape index (κ1) is 13.1. The van der Waals surface area contributed by atoms with Gasteiger partial charge in [0.25, 0.3) is 5.91 Å².